The number of carbonyl (C=O) groups excluding carboxylic acids is 2. The van der Waals surface area contributed by atoms with Crippen LogP contribution in [0.2, 0.25) is 0 Å². The van der Waals surface area contributed by atoms with E-state index >= 15 is 0 Å². The first-order valence-electron chi connectivity index (χ1n) is 14.0. The van der Waals surface area contributed by atoms with Crippen molar-refractivity contribution >= 4 is 23.0 Å². The zero-order valence-electron chi connectivity index (χ0n) is 23.5. The minimum absolute atomic E-state index is 0.0618. The molecule has 42 heavy (non-hydrogen) atoms. The lowest BCUT2D eigenvalue weighted by molar-refractivity contribution is -0.148. The van der Waals surface area contributed by atoms with Crippen molar-refractivity contribution in [2.24, 2.45) is 0 Å². The second-order valence-corrected chi connectivity index (χ2v) is 10.5. The maximum absolute atomic E-state index is 13.5. The largest absolute Gasteiger partial charge is 0.497 e. The maximum atomic E-state index is 13.5. The third-order valence-electron chi connectivity index (χ3n) is 8.02. The minimum atomic E-state index is -0.974. The van der Waals surface area contributed by atoms with Gasteiger partial charge in [0.1, 0.15) is 25.0 Å². The Morgan fingerprint density at radius 2 is 1.48 bits per heavy atom. The van der Waals surface area contributed by atoms with Crippen LogP contribution in [0.3, 0.4) is 0 Å². The Morgan fingerprint density at radius 1 is 0.833 bits per heavy atom. The fourth-order valence-corrected chi connectivity index (χ4v) is 5.77. The number of amides is 1. The summed E-state index contributed by atoms with van der Waals surface area (Å²) in [4.78, 5) is 30.0. The first-order valence-corrected chi connectivity index (χ1v) is 14.0. The summed E-state index contributed by atoms with van der Waals surface area (Å²) in [5.41, 5.74) is 7.19. The van der Waals surface area contributed by atoms with E-state index in [-0.39, 0.29) is 19.1 Å². The Kier molecular flexibility index (Phi) is 7.64. The van der Waals surface area contributed by atoms with Crippen LogP contribution in [-0.4, -0.2) is 36.8 Å². The van der Waals surface area contributed by atoms with E-state index in [4.69, 9.17) is 14.2 Å². The van der Waals surface area contributed by atoms with Gasteiger partial charge in [0.15, 0.2) is 0 Å². The molecular weight excluding hydrogens is 528 g/mol. The van der Waals surface area contributed by atoms with Crippen molar-refractivity contribution in [1.82, 2.24) is 10.3 Å². The van der Waals surface area contributed by atoms with Crippen molar-refractivity contribution in [3.05, 3.63) is 126 Å². The average Bonchev–Trinajstić information content (AvgIpc) is 3.61. The van der Waals surface area contributed by atoms with Crippen LogP contribution in [-0.2, 0) is 20.9 Å². The van der Waals surface area contributed by atoms with Gasteiger partial charge in [-0.1, -0.05) is 85.8 Å². The molecule has 212 valence electrons. The predicted octanol–water partition coefficient (Wildman–Crippen LogP) is 6.93. The van der Waals surface area contributed by atoms with Gasteiger partial charge < -0.3 is 24.5 Å². The lowest BCUT2D eigenvalue weighted by Gasteiger charge is -2.24. The topological polar surface area (TPSA) is 89.7 Å². The van der Waals surface area contributed by atoms with Crippen LogP contribution in [0.5, 0.6) is 5.75 Å². The number of hydrogen-bond donors (Lipinski definition) is 2. The van der Waals surface area contributed by atoms with Crippen LogP contribution in [0.4, 0.5) is 4.79 Å². The molecule has 1 aliphatic rings. The van der Waals surface area contributed by atoms with Gasteiger partial charge in [0.2, 0.25) is 0 Å². The lowest BCUT2D eigenvalue weighted by Crippen LogP contribution is -2.45. The number of benzene rings is 4. The van der Waals surface area contributed by atoms with Gasteiger partial charge in [-0.2, -0.15) is 0 Å². The number of aromatic amines is 1. The molecule has 7 heteroatoms. The molecule has 0 spiro atoms. The molecule has 0 aliphatic heterocycles. The van der Waals surface area contributed by atoms with Gasteiger partial charge >= 0.3 is 12.1 Å². The van der Waals surface area contributed by atoms with Crippen LogP contribution in [0, 0.1) is 0 Å². The number of aromatic nitrogens is 1. The zero-order valence-corrected chi connectivity index (χ0v) is 23.5. The summed E-state index contributed by atoms with van der Waals surface area (Å²) in [7, 11) is 1.60. The Balaban J connectivity index is 1.19. The molecule has 0 unspecified atom stereocenters. The highest BCUT2D eigenvalue weighted by atomic mass is 16.6. The fraction of sp³-hybridized carbons (Fsp3) is 0.200. The van der Waals surface area contributed by atoms with Crippen molar-refractivity contribution < 1.29 is 23.8 Å². The Labute approximate surface area is 244 Å². The van der Waals surface area contributed by atoms with E-state index in [0.717, 1.165) is 44.3 Å². The van der Waals surface area contributed by atoms with E-state index in [9.17, 15) is 9.59 Å². The molecular formula is C35H32N2O5. The number of para-hydroxylation sites is 1. The summed E-state index contributed by atoms with van der Waals surface area (Å²) in [6.45, 7) is 2.11. The molecule has 1 heterocycles. The second-order valence-electron chi connectivity index (χ2n) is 10.5. The van der Waals surface area contributed by atoms with Gasteiger partial charge in [-0.3, -0.25) is 0 Å². The fourth-order valence-electron chi connectivity index (χ4n) is 5.77. The van der Waals surface area contributed by atoms with E-state index in [2.05, 4.69) is 34.6 Å². The molecule has 0 bridgehead atoms. The lowest BCUT2D eigenvalue weighted by atomic mass is 9.93. The number of nitrogens with one attached hydrogen (secondary N) is 2. The third-order valence-corrected chi connectivity index (χ3v) is 8.02. The molecule has 1 amide bonds. The minimum Gasteiger partial charge on any atom is -0.497 e. The summed E-state index contributed by atoms with van der Waals surface area (Å²) in [6.07, 6.45) is 1.20. The van der Waals surface area contributed by atoms with Gasteiger partial charge in [-0.15, -0.1) is 0 Å². The standard InChI is InChI=1S/C35H32N2O5/c1-22(30-19-36-32-14-8-7-13-29(30)32)33(34(38)41-20-23-15-17-24(40-2)18-16-23)37-35(39)42-21-31-27-11-5-3-9-25(27)26-10-4-6-12-28(26)31/h3-19,22,31,33,36H,20-21H2,1-2H3,(H,37,39)/t22-,33+/m0/s1. The van der Waals surface area contributed by atoms with E-state index in [1.165, 1.54) is 0 Å². The van der Waals surface area contributed by atoms with E-state index in [1.54, 1.807) is 7.11 Å². The van der Waals surface area contributed by atoms with Gasteiger partial charge in [-0.25, -0.2) is 9.59 Å². The Morgan fingerprint density at radius 3 is 2.17 bits per heavy atom. The highest BCUT2D eigenvalue weighted by molar-refractivity contribution is 5.87. The molecule has 4 aromatic carbocycles. The summed E-state index contributed by atoms with van der Waals surface area (Å²) in [5.74, 6) is -0.315. The number of H-pyrrole nitrogens is 1. The van der Waals surface area contributed by atoms with Crippen LogP contribution < -0.4 is 10.1 Å². The number of carbonyl (C=O) groups is 2. The maximum Gasteiger partial charge on any atom is 0.407 e. The highest BCUT2D eigenvalue weighted by Gasteiger charge is 2.33. The van der Waals surface area contributed by atoms with Crippen molar-refractivity contribution in [1.29, 1.82) is 0 Å². The van der Waals surface area contributed by atoms with Crippen LogP contribution in [0.25, 0.3) is 22.0 Å². The monoisotopic (exact) mass is 560 g/mol. The molecule has 6 rings (SSSR count). The molecule has 1 aliphatic carbocycles. The smallest absolute Gasteiger partial charge is 0.407 e. The Bertz CT molecular complexity index is 1680. The average molecular weight is 561 g/mol. The van der Waals surface area contributed by atoms with Crippen LogP contribution in [0.1, 0.15) is 41.0 Å². The summed E-state index contributed by atoms with van der Waals surface area (Å²) >= 11 is 0. The zero-order chi connectivity index (χ0) is 29.1. The second kappa shape index (κ2) is 11.8. The van der Waals surface area contributed by atoms with Crippen LogP contribution >= 0.6 is 0 Å². The molecule has 7 nitrogen and oxygen atoms in total. The SMILES string of the molecule is COc1ccc(COC(=O)[C@H](NC(=O)OCC2c3ccccc3-c3ccccc32)[C@@H](C)c2c[nH]c3ccccc23)cc1. The number of rotatable bonds is 9. The van der Waals surface area contributed by atoms with E-state index < -0.39 is 24.0 Å². The highest BCUT2D eigenvalue weighted by Crippen LogP contribution is 2.44. The molecule has 0 radical (unpaired) electrons. The van der Waals surface area contributed by atoms with Gasteiger partial charge in [-0.05, 0) is 51.6 Å². The van der Waals surface area contributed by atoms with Crippen molar-refractivity contribution in [2.75, 3.05) is 13.7 Å². The number of alkyl carbamates (subject to hydrolysis) is 1. The predicted molar refractivity (Wildman–Crippen MR) is 161 cm³/mol. The number of fused-ring (bicyclic) bond motifs is 4. The van der Waals surface area contributed by atoms with Crippen molar-refractivity contribution in [2.45, 2.75) is 31.4 Å². The van der Waals surface area contributed by atoms with E-state index in [1.807, 2.05) is 85.9 Å². The molecule has 0 saturated carbocycles. The quantitative estimate of drug-likeness (QED) is 0.191. The molecule has 0 saturated heterocycles. The van der Waals surface area contributed by atoms with Crippen LogP contribution in [0.15, 0.2) is 103 Å². The molecule has 1 aromatic heterocycles. The van der Waals surface area contributed by atoms with Gasteiger partial charge in [0.25, 0.3) is 0 Å². The first kappa shape index (κ1) is 27.1. The van der Waals surface area contributed by atoms with Crippen molar-refractivity contribution in [3.63, 3.8) is 0 Å². The van der Waals surface area contributed by atoms with Gasteiger partial charge in [0, 0.05) is 28.9 Å². The third kappa shape index (κ3) is 5.33. The number of methoxy groups -OCH3 is 1. The molecule has 5 aromatic rings. The number of hydrogen-bond acceptors (Lipinski definition) is 5. The van der Waals surface area contributed by atoms with Crippen molar-refractivity contribution in [3.8, 4) is 16.9 Å². The summed E-state index contributed by atoms with van der Waals surface area (Å²) in [6, 6.07) is 30.5. The Hall–Kier alpha value is -5.04. The first-order chi connectivity index (χ1) is 20.5. The summed E-state index contributed by atoms with van der Waals surface area (Å²) < 4.78 is 16.7. The van der Waals surface area contributed by atoms with E-state index in [0.29, 0.717) is 5.75 Å². The number of ether oxygens (including phenoxy) is 3. The van der Waals surface area contributed by atoms with Gasteiger partial charge in [0.05, 0.1) is 7.11 Å². The molecule has 2 N–H and O–H groups in total. The number of esters is 1. The molecule has 0 fully saturated rings. The normalized spacial score (nSPS) is 13.6. The summed E-state index contributed by atoms with van der Waals surface area (Å²) in [5, 5.41) is 3.81. The molecule has 2 atom stereocenters.